The van der Waals surface area contributed by atoms with Crippen LogP contribution in [-0.4, -0.2) is 65.1 Å². The van der Waals surface area contributed by atoms with Gasteiger partial charge in [0.25, 0.3) is 0 Å². The van der Waals surface area contributed by atoms with Gasteiger partial charge in [0.05, 0.1) is 23.3 Å². The maximum absolute atomic E-state index is 12.9. The van der Waals surface area contributed by atoms with Gasteiger partial charge in [0.15, 0.2) is 0 Å². The number of methoxy groups -OCH3 is 1. The van der Waals surface area contributed by atoms with Crippen LogP contribution in [0.15, 0.2) is 29.2 Å². The molecule has 2 heterocycles. The lowest BCUT2D eigenvalue weighted by atomic mass is 9.89. The zero-order valence-electron chi connectivity index (χ0n) is 13.1. The van der Waals surface area contributed by atoms with E-state index in [9.17, 15) is 16.8 Å². The van der Waals surface area contributed by atoms with Crippen LogP contribution in [0.25, 0.3) is 0 Å². The SMILES string of the molecule is COCCN1[C@@]2(CCN(S(C)(=O)=O)C2)c2ccccc2S1(=O)=O. The molecule has 23 heavy (non-hydrogen) atoms. The summed E-state index contributed by atoms with van der Waals surface area (Å²) in [6, 6.07) is 6.85. The van der Waals surface area contributed by atoms with Gasteiger partial charge in [0, 0.05) is 26.7 Å². The molecule has 0 amide bonds. The number of sulfonamides is 2. The van der Waals surface area contributed by atoms with E-state index in [4.69, 9.17) is 4.74 Å². The van der Waals surface area contributed by atoms with Gasteiger partial charge in [0.1, 0.15) is 0 Å². The molecule has 1 saturated heterocycles. The smallest absolute Gasteiger partial charge is 0.244 e. The van der Waals surface area contributed by atoms with Crippen LogP contribution in [0, 0.1) is 0 Å². The number of hydrogen-bond acceptors (Lipinski definition) is 5. The largest absolute Gasteiger partial charge is 0.383 e. The Morgan fingerprint density at radius 1 is 1.30 bits per heavy atom. The number of benzene rings is 1. The average Bonchev–Trinajstić information content (AvgIpc) is 3.00. The maximum Gasteiger partial charge on any atom is 0.244 e. The molecular weight excluding hydrogens is 340 g/mol. The third-order valence-electron chi connectivity index (χ3n) is 4.61. The summed E-state index contributed by atoms with van der Waals surface area (Å²) < 4.78 is 57.4. The van der Waals surface area contributed by atoms with Crippen molar-refractivity contribution >= 4 is 20.0 Å². The Kier molecular flexibility index (Phi) is 4.04. The zero-order chi connectivity index (χ0) is 16.9. The zero-order valence-corrected chi connectivity index (χ0v) is 14.7. The van der Waals surface area contributed by atoms with Gasteiger partial charge in [-0.2, -0.15) is 8.61 Å². The molecule has 2 aliphatic heterocycles. The van der Waals surface area contributed by atoms with Gasteiger partial charge in [-0.05, 0) is 18.1 Å². The number of fused-ring (bicyclic) bond motifs is 2. The highest BCUT2D eigenvalue weighted by Crippen LogP contribution is 2.49. The Balaban J connectivity index is 2.13. The first kappa shape index (κ1) is 16.8. The van der Waals surface area contributed by atoms with Gasteiger partial charge in [-0.15, -0.1) is 0 Å². The lowest BCUT2D eigenvalue weighted by Crippen LogP contribution is -2.47. The van der Waals surface area contributed by atoms with Crippen molar-refractivity contribution in [2.45, 2.75) is 16.9 Å². The Hall–Kier alpha value is -1.00. The lowest BCUT2D eigenvalue weighted by molar-refractivity contribution is 0.135. The van der Waals surface area contributed by atoms with Crippen LogP contribution in [0.1, 0.15) is 12.0 Å². The Morgan fingerprint density at radius 2 is 2.00 bits per heavy atom. The molecule has 0 saturated carbocycles. The normalized spacial score (nSPS) is 27.6. The highest BCUT2D eigenvalue weighted by atomic mass is 32.2. The third-order valence-corrected chi connectivity index (χ3v) is 7.89. The molecule has 2 aliphatic rings. The fourth-order valence-corrected chi connectivity index (χ4v) is 6.45. The predicted octanol–water partition coefficient (Wildman–Crippen LogP) is 0.198. The summed E-state index contributed by atoms with van der Waals surface area (Å²) >= 11 is 0. The Morgan fingerprint density at radius 3 is 2.61 bits per heavy atom. The molecular formula is C14H20N2O5S2. The van der Waals surface area contributed by atoms with E-state index >= 15 is 0 Å². The summed E-state index contributed by atoms with van der Waals surface area (Å²) in [5.41, 5.74) is -0.154. The van der Waals surface area contributed by atoms with Crippen molar-refractivity contribution in [2.24, 2.45) is 0 Å². The van der Waals surface area contributed by atoms with Crippen molar-refractivity contribution in [2.75, 3.05) is 39.6 Å². The summed E-state index contributed by atoms with van der Waals surface area (Å²) in [6.45, 7) is 0.914. The van der Waals surface area contributed by atoms with E-state index in [-0.39, 0.29) is 24.6 Å². The average molecular weight is 360 g/mol. The first-order valence-corrected chi connectivity index (χ1v) is 10.6. The second-order valence-electron chi connectivity index (χ2n) is 5.94. The second-order valence-corrected chi connectivity index (χ2v) is 9.76. The van der Waals surface area contributed by atoms with Gasteiger partial charge >= 0.3 is 0 Å². The lowest BCUT2D eigenvalue weighted by Gasteiger charge is -2.33. The van der Waals surface area contributed by atoms with Crippen LogP contribution in [0.3, 0.4) is 0 Å². The van der Waals surface area contributed by atoms with Crippen molar-refractivity contribution in [3.8, 4) is 0 Å². The molecule has 1 fully saturated rings. The molecule has 1 aromatic rings. The van der Waals surface area contributed by atoms with Crippen molar-refractivity contribution in [3.63, 3.8) is 0 Å². The van der Waals surface area contributed by atoms with E-state index in [1.165, 1.54) is 15.7 Å². The second kappa shape index (κ2) is 5.52. The topological polar surface area (TPSA) is 84.0 Å². The molecule has 0 aromatic heterocycles. The molecule has 3 rings (SSSR count). The molecule has 0 N–H and O–H groups in total. The number of ether oxygens (including phenoxy) is 1. The molecule has 0 unspecified atom stereocenters. The van der Waals surface area contributed by atoms with Crippen LogP contribution in [0.2, 0.25) is 0 Å². The Bertz CT molecular complexity index is 821. The van der Waals surface area contributed by atoms with Crippen molar-refractivity contribution < 1.29 is 21.6 Å². The standard InChI is InChI=1S/C14H20N2O5S2/c1-21-10-9-16-14(7-8-15(11-14)22(2,17)18)12-5-3-4-6-13(12)23(16,19)20/h3-6H,7-11H2,1-2H3/t14-/m1/s1. The fourth-order valence-electron chi connectivity index (χ4n) is 3.53. The summed E-state index contributed by atoms with van der Waals surface area (Å²) in [5, 5.41) is 0. The van der Waals surface area contributed by atoms with Gasteiger partial charge in [0.2, 0.25) is 20.0 Å². The summed E-state index contributed by atoms with van der Waals surface area (Å²) in [4.78, 5) is 0.270. The molecule has 0 radical (unpaired) electrons. The maximum atomic E-state index is 12.9. The quantitative estimate of drug-likeness (QED) is 0.766. The van der Waals surface area contributed by atoms with Crippen molar-refractivity contribution in [1.29, 1.82) is 0 Å². The van der Waals surface area contributed by atoms with Crippen molar-refractivity contribution in [1.82, 2.24) is 8.61 Å². The number of rotatable bonds is 4. The molecule has 9 heteroatoms. The minimum absolute atomic E-state index is 0.145. The third kappa shape index (κ3) is 2.51. The first-order chi connectivity index (χ1) is 10.7. The minimum Gasteiger partial charge on any atom is -0.383 e. The summed E-state index contributed by atoms with van der Waals surface area (Å²) in [7, 11) is -5.50. The highest BCUT2D eigenvalue weighted by Gasteiger charge is 2.57. The minimum atomic E-state index is -3.65. The van der Waals surface area contributed by atoms with Gasteiger partial charge in [-0.1, -0.05) is 18.2 Å². The fraction of sp³-hybridized carbons (Fsp3) is 0.571. The molecule has 1 spiro atoms. The van der Waals surface area contributed by atoms with Gasteiger partial charge in [-0.25, -0.2) is 16.8 Å². The molecule has 128 valence electrons. The van der Waals surface area contributed by atoms with E-state index in [2.05, 4.69) is 0 Å². The van der Waals surface area contributed by atoms with E-state index < -0.39 is 25.6 Å². The monoisotopic (exact) mass is 360 g/mol. The van der Waals surface area contributed by atoms with E-state index in [0.29, 0.717) is 18.5 Å². The van der Waals surface area contributed by atoms with E-state index in [1.54, 1.807) is 24.3 Å². The predicted molar refractivity (Wildman–Crippen MR) is 84.9 cm³/mol. The van der Waals surface area contributed by atoms with Crippen LogP contribution in [0.5, 0.6) is 0 Å². The van der Waals surface area contributed by atoms with Gasteiger partial charge < -0.3 is 4.74 Å². The first-order valence-electron chi connectivity index (χ1n) is 7.30. The number of hydrogen-bond donors (Lipinski definition) is 0. The van der Waals surface area contributed by atoms with E-state index in [0.717, 1.165) is 6.26 Å². The highest BCUT2D eigenvalue weighted by molar-refractivity contribution is 7.89. The van der Waals surface area contributed by atoms with E-state index in [1.807, 2.05) is 0 Å². The van der Waals surface area contributed by atoms with Crippen molar-refractivity contribution in [3.05, 3.63) is 29.8 Å². The molecule has 1 atom stereocenters. The molecule has 7 nitrogen and oxygen atoms in total. The van der Waals surface area contributed by atoms with Crippen LogP contribution < -0.4 is 0 Å². The molecule has 0 aliphatic carbocycles. The van der Waals surface area contributed by atoms with Crippen LogP contribution in [0.4, 0.5) is 0 Å². The molecule has 0 bridgehead atoms. The van der Waals surface area contributed by atoms with Gasteiger partial charge in [-0.3, -0.25) is 0 Å². The van der Waals surface area contributed by atoms with Crippen LogP contribution >= 0.6 is 0 Å². The Labute approximate surface area is 136 Å². The van der Waals surface area contributed by atoms with Crippen LogP contribution in [-0.2, 0) is 30.3 Å². The molecule has 1 aromatic carbocycles. The summed E-state index contributed by atoms with van der Waals surface area (Å²) in [5.74, 6) is 0. The summed E-state index contributed by atoms with van der Waals surface area (Å²) in [6.07, 6.45) is 1.60. The number of nitrogens with zero attached hydrogens (tertiary/aromatic N) is 2.